The molecule has 1 aromatic rings. The van der Waals surface area contributed by atoms with Crippen LogP contribution < -0.4 is 0 Å². The topological polar surface area (TPSA) is 0 Å². The molecule has 2 atom stereocenters. The number of benzene rings is 1. The summed E-state index contributed by atoms with van der Waals surface area (Å²) in [6, 6.07) is 8.21. The number of rotatable bonds is 7. The predicted molar refractivity (Wildman–Crippen MR) is 81.2 cm³/mol. The fraction of sp³-hybridized carbons (Fsp3) is 0.600. The van der Waals surface area contributed by atoms with E-state index < -0.39 is 0 Å². The standard InChI is InChI=1S/C15H22BrCl/c1-3-5-6-13(4-2)15(16)11-12-7-9-14(17)10-8-12/h7-10,13,15H,3-6,11H2,1-2H3. The maximum atomic E-state index is 5.89. The van der Waals surface area contributed by atoms with Gasteiger partial charge >= 0.3 is 0 Å². The highest BCUT2D eigenvalue weighted by Gasteiger charge is 2.16. The molecule has 1 aromatic carbocycles. The van der Waals surface area contributed by atoms with Crippen LogP contribution in [-0.2, 0) is 6.42 Å². The normalized spacial score (nSPS) is 14.6. The Kier molecular flexibility index (Phi) is 7.22. The first-order valence-corrected chi connectivity index (χ1v) is 7.85. The van der Waals surface area contributed by atoms with Crippen molar-refractivity contribution in [3.8, 4) is 0 Å². The van der Waals surface area contributed by atoms with Crippen LogP contribution in [0.5, 0.6) is 0 Å². The molecule has 0 aromatic heterocycles. The first kappa shape index (κ1) is 15.0. The van der Waals surface area contributed by atoms with Crippen molar-refractivity contribution in [2.24, 2.45) is 5.92 Å². The third-order valence-electron chi connectivity index (χ3n) is 3.31. The van der Waals surface area contributed by atoms with E-state index in [1.54, 1.807) is 0 Å². The van der Waals surface area contributed by atoms with Gasteiger partial charge in [-0.1, -0.05) is 72.8 Å². The summed E-state index contributed by atoms with van der Waals surface area (Å²) < 4.78 is 0. The molecule has 17 heavy (non-hydrogen) atoms. The Bertz CT molecular complexity index is 307. The van der Waals surface area contributed by atoms with Gasteiger partial charge in [-0.05, 0) is 36.5 Å². The predicted octanol–water partition coefficient (Wildman–Crippen LogP) is 5.86. The summed E-state index contributed by atoms with van der Waals surface area (Å²) in [6.45, 7) is 4.55. The zero-order valence-corrected chi connectivity index (χ0v) is 13.1. The Labute approximate surface area is 119 Å². The van der Waals surface area contributed by atoms with Crippen LogP contribution >= 0.6 is 27.5 Å². The van der Waals surface area contributed by atoms with E-state index in [4.69, 9.17) is 11.6 Å². The van der Waals surface area contributed by atoms with E-state index in [1.165, 1.54) is 31.2 Å². The van der Waals surface area contributed by atoms with Gasteiger partial charge in [-0.3, -0.25) is 0 Å². The van der Waals surface area contributed by atoms with Gasteiger partial charge in [0.25, 0.3) is 0 Å². The van der Waals surface area contributed by atoms with Gasteiger partial charge in [0.05, 0.1) is 0 Å². The molecule has 0 aliphatic carbocycles. The maximum Gasteiger partial charge on any atom is 0.0406 e. The fourth-order valence-electron chi connectivity index (χ4n) is 2.12. The van der Waals surface area contributed by atoms with E-state index >= 15 is 0 Å². The summed E-state index contributed by atoms with van der Waals surface area (Å²) in [5, 5.41) is 0.817. The Morgan fingerprint density at radius 3 is 2.35 bits per heavy atom. The highest BCUT2D eigenvalue weighted by Crippen LogP contribution is 2.26. The number of halogens is 2. The second-order valence-electron chi connectivity index (χ2n) is 4.66. The molecule has 0 bridgehead atoms. The molecule has 0 radical (unpaired) electrons. The van der Waals surface area contributed by atoms with Crippen LogP contribution in [0.3, 0.4) is 0 Å². The zero-order chi connectivity index (χ0) is 12.7. The summed E-state index contributed by atoms with van der Waals surface area (Å²) in [4.78, 5) is 0.584. The van der Waals surface area contributed by atoms with Crippen molar-refractivity contribution in [2.75, 3.05) is 0 Å². The van der Waals surface area contributed by atoms with Crippen LogP contribution in [0.1, 0.15) is 45.1 Å². The van der Waals surface area contributed by atoms with E-state index in [0.717, 1.165) is 17.4 Å². The zero-order valence-electron chi connectivity index (χ0n) is 10.8. The van der Waals surface area contributed by atoms with Gasteiger partial charge in [0.2, 0.25) is 0 Å². The lowest BCUT2D eigenvalue weighted by Gasteiger charge is -2.21. The lowest BCUT2D eigenvalue weighted by Crippen LogP contribution is -2.16. The molecule has 0 saturated carbocycles. The number of hydrogen-bond donors (Lipinski definition) is 0. The van der Waals surface area contributed by atoms with Crippen LogP contribution in [0.25, 0.3) is 0 Å². The molecule has 96 valence electrons. The SMILES string of the molecule is CCCCC(CC)C(Br)Cc1ccc(Cl)cc1. The average Bonchev–Trinajstić information content (AvgIpc) is 2.33. The first-order valence-electron chi connectivity index (χ1n) is 6.55. The van der Waals surface area contributed by atoms with Crippen molar-refractivity contribution in [3.05, 3.63) is 34.9 Å². The minimum Gasteiger partial charge on any atom is -0.0884 e. The highest BCUT2D eigenvalue weighted by molar-refractivity contribution is 9.09. The summed E-state index contributed by atoms with van der Waals surface area (Å²) in [7, 11) is 0. The number of hydrogen-bond acceptors (Lipinski definition) is 0. The first-order chi connectivity index (χ1) is 8.17. The molecule has 0 amide bonds. The monoisotopic (exact) mass is 316 g/mol. The molecule has 0 aliphatic rings. The molecular weight excluding hydrogens is 296 g/mol. The molecule has 2 unspecified atom stereocenters. The minimum absolute atomic E-state index is 0.584. The van der Waals surface area contributed by atoms with E-state index in [9.17, 15) is 0 Å². The van der Waals surface area contributed by atoms with Gasteiger partial charge < -0.3 is 0 Å². The molecule has 0 N–H and O–H groups in total. The molecule has 0 nitrogen and oxygen atoms in total. The van der Waals surface area contributed by atoms with Crippen LogP contribution in [0.15, 0.2) is 24.3 Å². The van der Waals surface area contributed by atoms with Gasteiger partial charge in [0.15, 0.2) is 0 Å². The number of unbranched alkanes of at least 4 members (excludes halogenated alkanes) is 1. The summed E-state index contributed by atoms with van der Waals surface area (Å²) >= 11 is 9.75. The van der Waals surface area contributed by atoms with E-state index in [1.807, 2.05) is 12.1 Å². The van der Waals surface area contributed by atoms with Crippen molar-refractivity contribution in [1.29, 1.82) is 0 Å². The molecular formula is C15H22BrCl. The number of alkyl halides is 1. The Morgan fingerprint density at radius 2 is 1.82 bits per heavy atom. The Morgan fingerprint density at radius 1 is 1.18 bits per heavy atom. The molecule has 1 rings (SSSR count). The molecule has 2 heteroatoms. The third kappa shape index (κ3) is 5.44. The van der Waals surface area contributed by atoms with Crippen molar-refractivity contribution in [2.45, 2.75) is 50.8 Å². The van der Waals surface area contributed by atoms with Crippen molar-refractivity contribution in [1.82, 2.24) is 0 Å². The Balaban J connectivity index is 2.51. The summed E-state index contributed by atoms with van der Waals surface area (Å²) in [5.41, 5.74) is 1.37. The average molecular weight is 318 g/mol. The fourth-order valence-corrected chi connectivity index (χ4v) is 3.26. The Hall–Kier alpha value is -0.0100. The maximum absolute atomic E-state index is 5.89. The summed E-state index contributed by atoms with van der Waals surface area (Å²) in [5.74, 6) is 0.783. The van der Waals surface area contributed by atoms with E-state index in [-0.39, 0.29) is 0 Å². The van der Waals surface area contributed by atoms with Crippen LogP contribution in [-0.4, -0.2) is 4.83 Å². The van der Waals surface area contributed by atoms with Gasteiger partial charge in [-0.15, -0.1) is 0 Å². The third-order valence-corrected chi connectivity index (χ3v) is 4.63. The smallest absolute Gasteiger partial charge is 0.0406 e. The van der Waals surface area contributed by atoms with Crippen LogP contribution in [0.4, 0.5) is 0 Å². The molecule has 0 fully saturated rings. The molecule has 0 saturated heterocycles. The molecule has 0 spiro atoms. The van der Waals surface area contributed by atoms with E-state index in [0.29, 0.717) is 4.83 Å². The lowest BCUT2D eigenvalue weighted by molar-refractivity contribution is 0.437. The quantitative estimate of drug-likeness (QED) is 0.552. The van der Waals surface area contributed by atoms with Crippen LogP contribution in [0.2, 0.25) is 5.02 Å². The molecule has 0 aliphatic heterocycles. The van der Waals surface area contributed by atoms with Gasteiger partial charge in [-0.25, -0.2) is 0 Å². The van der Waals surface area contributed by atoms with Gasteiger partial charge in [0.1, 0.15) is 0 Å². The van der Waals surface area contributed by atoms with Gasteiger partial charge in [-0.2, -0.15) is 0 Å². The van der Waals surface area contributed by atoms with Crippen molar-refractivity contribution < 1.29 is 0 Å². The lowest BCUT2D eigenvalue weighted by atomic mass is 9.92. The second kappa shape index (κ2) is 8.16. The van der Waals surface area contributed by atoms with Crippen LogP contribution in [0, 0.1) is 5.92 Å². The largest absolute Gasteiger partial charge is 0.0884 e. The summed E-state index contributed by atoms with van der Waals surface area (Å²) in [6.07, 6.45) is 6.30. The van der Waals surface area contributed by atoms with Gasteiger partial charge in [0, 0.05) is 9.85 Å². The minimum atomic E-state index is 0.584. The van der Waals surface area contributed by atoms with Crippen molar-refractivity contribution >= 4 is 27.5 Å². The second-order valence-corrected chi connectivity index (χ2v) is 6.27. The van der Waals surface area contributed by atoms with Crippen molar-refractivity contribution in [3.63, 3.8) is 0 Å². The molecule has 0 heterocycles. The highest BCUT2D eigenvalue weighted by atomic mass is 79.9. The van der Waals surface area contributed by atoms with E-state index in [2.05, 4.69) is 41.9 Å².